The Morgan fingerprint density at radius 2 is 1.77 bits per heavy atom. The summed E-state index contributed by atoms with van der Waals surface area (Å²) in [6, 6.07) is 14.0. The van der Waals surface area contributed by atoms with E-state index in [4.69, 9.17) is 9.15 Å². The smallest absolute Gasteiger partial charge is 0.350 e. The minimum absolute atomic E-state index is 0.00827. The van der Waals surface area contributed by atoms with E-state index in [1.807, 2.05) is 24.3 Å². The number of carbonyl (C=O) groups is 2. The van der Waals surface area contributed by atoms with Gasteiger partial charge in [-0.25, -0.2) is 9.78 Å². The van der Waals surface area contributed by atoms with E-state index in [1.54, 1.807) is 31.2 Å². The van der Waals surface area contributed by atoms with Crippen molar-refractivity contribution in [1.29, 1.82) is 0 Å². The highest BCUT2D eigenvalue weighted by Gasteiger charge is 2.45. The van der Waals surface area contributed by atoms with Crippen LogP contribution in [0.2, 0.25) is 0 Å². The SMILES string of the molecule is COC(=O)c1sc(N2C(=O)c3oc4ccccc4c(=O)c3[C@@H]2c2ccc(C(C)(C)C)cc2)nc1C. The predicted octanol–water partition coefficient (Wildman–Crippen LogP) is 5.39. The van der Waals surface area contributed by atoms with Crippen molar-refractivity contribution in [3.63, 3.8) is 0 Å². The number of hydrogen-bond donors (Lipinski definition) is 0. The Kier molecular flexibility index (Phi) is 5.36. The van der Waals surface area contributed by atoms with Crippen molar-refractivity contribution >= 4 is 39.3 Å². The van der Waals surface area contributed by atoms with Gasteiger partial charge in [-0.15, -0.1) is 0 Å². The fourth-order valence-electron chi connectivity index (χ4n) is 4.37. The number of hydrogen-bond acceptors (Lipinski definition) is 7. The number of methoxy groups -OCH3 is 1. The van der Waals surface area contributed by atoms with E-state index in [0.717, 1.165) is 22.5 Å². The van der Waals surface area contributed by atoms with E-state index in [0.29, 0.717) is 26.7 Å². The lowest BCUT2D eigenvalue weighted by atomic mass is 9.86. The van der Waals surface area contributed by atoms with Gasteiger partial charge in [0.1, 0.15) is 10.5 Å². The van der Waals surface area contributed by atoms with Crippen molar-refractivity contribution in [3.8, 4) is 0 Å². The summed E-state index contributed by atoms with van der Waals surface area (Å²) in [6.45, 7) is 8.05. The first-order valence-corrected chi connectivity index (χ1v) is 12.0. The number of ether oxygens (including phenoxy) is 1. The van der Waals surface area contributed by atoms with E-state index in [2.05, 4.69) is 25.8 Å². The summed E-state index contributed by atoms with van der Waals surface area (Å²) in [4.78, 5) is 45.8. The maximum atomic E-state index is 13.7. The third-order valence-electron chi connectivity index (χ3n) is 6.23. The first kappa shape index (κ1) is 23.0. The first-order chi connectivity index (χ1) is 16.6. The van der Waals surface area contributed by atoms with Crippen LogP contribution >= 0.6 is 11.3 Å². The van der Waals surface area contributed by atoms with Gasteiger partial charge in [-0.2, -0.15) is 0 Å². The Bertz CT molecular complexity index is 1540. The summed E-state index contributed by atoms with van der Waals surface area (Å²) in [5.74, 6) is -1.01. The number of aryl methyl sites for hydroxylation is 1. The molecule has 2 aromatic heterocycles. The highest BCUT2D eigenvalue weighted by Crippen LogP contribution is 2.43. The van der Waals surface area contributed by atoms with Crippen molar-refractivity contribution in [2.45, 2.75) is 39.2 Å². The molecule has 1 atom stereocenters. The molecule has 0 saturated heterocycles. The van der Waals surface area contributed by atoms with E-state index in [9.17, 15) is 14.4 Å². The molecule has 1 aliphatic rings. The zero-order valence-electron chi connectivity index (χ0n) is 20.0. The molecule has 0 fully saturated rings. The van der Waals surface area contributed by atoms with Crippen LogP contribution in [-0.4, -0.2) is 24.0 Å². The Hall–Kier alpha value is -3.78. The zero-order valence-corrected chi connectivity index (χ0v) is 20.9. The monoisotopic (exact) mass is 488 g/mol. The maximum Gasteiger partial charge on any atom is 0.350 e. The molecule has 0 radical (unpaired) electrons. The van der Waals surface area contributed by atoms with Gasteiger partial charge in [0.2, 0.25) is 5.76 Å². The lowest BCUT2D eigenvalue weighted by Crippen LogP contribution is -2.29. The molecule has 0 aliphatic carbocycles. The average molecular weight is 489 g/mol. The number of carbonyl (C=O) groups excluding carboxylic acids is 2. The third kappa shape index (κ3) is 3.65. The summed E-state index contributed by atoms with van der Waals surface area (Å²) >= 11 is 1.06. The number of anilines is 1. The number of benzene rings is 2. The van der Waals surface area contributed by atoms with Crippen molar-refractivity contribution in [3.05, 3.63) is 91.8 Å². The lowest BCUT2D eigenvalue weighted by Gasteiger charge is -2.24. The molecule has 7 nitrogen and oxygen atoms in total. The van der Waals surface area contributed by atoms with Crippen LogP contribution in [0.4, 0.5) is 5.13 Å². The van der Waals surface area contributed by atoms with E-state index in [1.165, 1.54) is 12.0 Å². The number of thiazole rings is 1. The molecule has 2 aromatic carbocycles. The van der Waals surface area contributed by atoms with Crippen LogP contribution in [0.3, 0.4) is 0 Å². The molecule has 5 rings (SSSR count). The number of amides is 1. The van der Waals surface area contributed by atoms with Crippen LogP contribution in [0.1, 0.15) is 69.4 Å². The summed E-state index contributed by atoms with van der Waals surface area (Å²) in [7, 11) is 1.30. The number of esters is 1. The fraction of sp³-hybridized carbons (Fsp3) is 0.259. The summed E-state index contributed by atoms with van der Waals surface area (Å²) < 4.78 is 10.8. The molecule has 0 spiro atoms. The van der Waals surface area contributed by atoms with Crippen molar-refractivity contribution in [1.82, 2.24) is 4.98 Å². The number of rotatable bonds is 3. The van der Waals surface area contributed by atoms with Gasteiger partial charge >= 0.3 is 5.97 Å². The van der Waals surface area contributed by atoms with Gasteiger partial charge in [0.15, 0.2) is 10.6 Å². The van der Waals surface area contributed by atoms with Crippen molar-refractivity contribution in [2.75, 3.05) is 12.0 Å². The number of fused-ring (bicyclic) bond motifs is 2. The van der Waals surface area contributed by atoms with E-state index >= 15 is 0 Å². The van der Waals surface area contributed by atoms with Crippen molar-refractivity contribution in [2.24, 2.45) is 0 Å². The second-order valence-corrected chi connectivity index (χ2v) is 10.5. The molecule has 3 heterocycles. The minimum Gasteiger partial charge on any atom is -0.465 e. The Labute approximate surface area is 206 Å². The van der Waals surface area contributed by atoms with Gasteiger partial charge in [0.05, 0.1) is 29.8 Å². The first-order valence-electron chi connectivity index (χ1n) is 11.2. The van der Waals surface area contributed by atoms with Crippen LogP contribution < -0.4 is 10.3 Å². The molecule has 8 heteroatoms. The fourth-order valence-corrected chi connectivity index (χ4v) is 5.38. The van der Waals surface area contributed by atoms with E-state index in [-0.39, 0.29) is 22.2 Å². The van der Waals surface area contributed by atoms with Gasteiger partial charge < -0.3 is 9.15 Å². The molecule has 0 bridgehead atoms. The second kappa shape index (κ2) is 8.16. The molecular weight excluding hydrogens is 464 g/mol. The standard InChI is InChI=1S/C27H24N2O5S/c1-14-23(25(32)33-5)35-26(28-14)29-20(15-10-12-16(13-11-15)27(2,3)4)19-21(30)17-8-6-7-9-18(17)34-22(19)24(29)31/h6-13,20H,1-5H3/t20-/m0/s1. The topological polar surface area (TPSA) is 89.7 Å². The molecule has 1 amide bonds. The Morgan fingerprint density at radius 1 is 1.09 bits per heavy atom. The highest BCUT2D eigenvalue weighted by molar-refractivity contribution is 7.17. The van der Waals surface area contributed by atoms with Crippen LogP contribution in [0, 0.1) is 6.92 Å². The molecule has 178 valence electrons. The van der Waals surface area contributed by atoms with Gasteiger partial charge in [-0.3, -0.25) is 14.5 Å². The molecule has 0 saturated carbocycles. The van der Waals surface area contributed by atoms with Crippen LogP contribution in [0.25, 0.3) is 11.0 Å². The summed E-state index contributed by atoms with van der Waals surface area (Å²) in [6.07, 6.45) is 0. The highest BCUT2D eigenvalue weighted by atomic mass is 32.1. The molecule has 4 aromatic rings. The molecule has 1 aliphatic heterocycles. The Balaban J connectivity index is 1.75. The lowest BCUT2D eigenvalue weighted by molar-refractivity contribution is 0.0605. The third-order valence-corrected chi connectivity index (χ3v) is 7.37. The van der Waals surface area contributed by atoms with Gasteiger partial charge in [-0.1, -0.05) is 68.5 Å². The minimum atomic E-state index is -0.747. The van der Waals surface area contributed by atoms with E-state index < -0.39 is 17.9 Å². The summed E-state index contributed by atoms with van der Waals surface area (Å²) in [5.41, 5.74) is 2.62. The largest absolute Gasteiger partial charge is 0.465 e. The molecule has 0 unspecified atom stereocenters. The van der Waals surface area contributed by atoms with Crippen LogP contribution in [0.5, 0.6) is 0 Å². The number of para-hydroxylation sites is 1. The Morgan fingerprint density at radius 3 is 2.43 bits per heavy atom. The number of aromatic nitrogens is 1. The van der Waals surface area contributed by atoms with Crippen molar-refractivity contribution < 1.29 is 18.7 Å². The quantitative estimate of drug-likeness (QED) is 0.359. The van der Waals surface area contributed by atoms with Crippen LogP contribution in [-0.2, 0) is 10.2 Å². The second-order valence-electron chi connectivity index (χ2n) is 9.52. The summed E-state index contributed by atoms with van der Waals surface area (Å²) in [5, 5.41) is 0.704. The molecular formula is C27H24N2O5S. The molecule has 35 heavy (non-hydrogen) atoms. The van der Waals surface area contributed by atoms with Gasteiger partial charge in [0, 0.05) is 0 Å². The normalized spacial score (nSPS) is 15.5. The number of nitrogens with zero attached hydrogens (tertiary/aromatic N) is 2. The van der Waals surface area contributed by atoms with Crippen LogP contribution in [0.15, 0.2) is 57.7 Å². The zero-order chi connectivity index (χ0) is 25.1. The predicted molar refractivity (Wildman–Crippen MR) is 134 cm³/mol. The maximum absolute atomic E-state index is 13.7. The van der Waals surface area contributed by atoms with Gasteiger partial charge in [-0.05, 0) is 35.6 Å². The van der Waals surface area contributed by atoms with Gasteiger partial charge in [0.25, 0.3) is 5.91 Å². The molecule has 0 N–H and O–H groups in total. The average Bonchev–Trinajstić information content (AvgIpc) is 3.35.